The van der Waals surface area contributed by atoms with E-state index in [1.807, 2.05) is 12.1 Å². The fourth-order valence-corrected chi connectivity index (χ4v) is 8.74. The van der Waals surface area contributed by atoms with E-state index >= 15 is 0 Å². The zero-order chi connectivity index (χ0) is 38.4. The number of rotatable bonds is 7. The Hall–Kier alpha value is -7.68. The third kappa shape index (κ3) is 5.82. The first-order valence-corrected chi connectivity index (χ1v) is 19.8. The van der Waals surface area contributed by atoms with Crippen LogP contribution in [0.25, 0.3) is 88.0 Å². The molecule has 11 aromatic rings. The van der Waals surface area contributed by atoms with Gasteiger partial charge < -0.3 is 9.32 Å². The highest BCUT2D eigenvalue weighted by Crippen LogP contribution is 2.46. The van der Waals surface area contributed by atoms with Crippen molar-refractivity contribution in [1.82, 2.24) is 0 Å². The molecule has 0 saturated carbocycles. The second-order valence-corrected chi connectivity index (χ2v) is 14.9. The summed E-state index contributed by atoms with van der Waals surface area (Å²) in [5.74, 6) is 0. The summed E-state index contributed by atoms with van der Waals surface area (Å²) in [6.07, 6.45) is 0. The van der Waals surface area contributed by atoms with Crippen molar-refractivity contribution >= 4 is 60.5 Å². The zero-order valence-corrected chi connectivity index (χ0v) is 31.7. The van der Waals surface area contributed by atoms with Gasteiger partial charge in [0.25, 0.3) is 0 Å². The first-order valence-electron chi connectivity index (χ1n) is 19.8. The molecule has 2 nitrogen and oxygen atoms in total. The maximum Gasteiger partial charge on any atom is 0.137 e. The van der Waals surface area contributed by atoms with Crippen LogP contribution < -0.4 is 4.90 Å². The summed E-state index contributed by atoms with van der Waals surface area (Å²) in [6, 6.07) is 80.6. The third-order valence-electron chi connectivity index (χ3n) is 11.5. The quantitative estimate of drug-likeness (QED) is 0.151. The first-order chi connectivity index (χ1) is 28.8. The Kier molecular flexibility index (Phi) is 8.19. The monoisotopic (exact) mass is 739 g/mol. The summed E-state index contributed by atoms with van der Waals surface area (Å²) in [4.78, 5) is 2.31. The predicted octanol–water partition coefficient (Wildman–Crippen LogP) is 16.0. The zero-order valence-electron chi connectivity index (χ0n) is 31.7. The van der Waals surface area contributed by atoms with Gasteiger partial charge in [-0.2, -0.15) is 0 Å². The molecule has 0 unspecified atom stereocenters. The van der Waals surface area contributed by atoms with E-state index in [2.05, 4.69) is 217 Å². The molecule has 0 aliphatic carbocycles. The van der Waals surface area contributed by atoms with E-state index in [9.17, 15) is 0 Å². The lowest BCUT2D eigenvalue weighted by atomic mass is 9.84. The molecule has 2 heteroatoms. The number of anilines is 3. The molecule has 0 atom stereocenters. The van der Waals surface area contributed by atoms with E-state index in [1.165, 1.54) is 60.5 Å². The van der Waals surface area contributed by atoms with Gasteiger partial charge in [0.1, 0.15) is 11.2 Å². The summed E-state index contributed by atoms with van der Waals surface area (Å²) >= 11 is 0. The highest BCUT2D eigenvalue weighted by Gasteiger charge is 2.19. The highest BCUT2D eigenvalue weighted by atomic mass is 16.3. The van der Waals surface area contributed by atoms with Crippen molar-refractivity contribution in [2.24, 2.45) is 0 Å². The second kappa shape index (κ2) is 14.1. The van der Waals surface area contributed by atoms with Gasteiger partial charge in [-0.05, 0) is 115 Å². The average Bonchev–Trinajstić information content (AvgIpc) is 3.68. The SMILES string of the molecule is c1ccc(-c2ccc(N(c3ccc(-c4cccc(-c5c(-c6ccccc6)c6ccccc6c6ccccc56)c4)cc3)c3ccc4c(c3)oc3ccccc34)cc2)cc1. The van der Waals surface area contributed by atoms with Crippen molar-refractivity contribution < 1.29 is 4.42 Å². The van der Waals surface area contributed by atoms with Crippen LogP contribution in [0.4, 0.5) is 17.1 Å². The molecule has 0 saturated heterocycles. The highest BCUT2D eigenvalue weighted by molar-refractivity contribution is 6.21. The molecule has 1 heterocycles. The van der Waals surface area contributed by atoms with E-state index in [4.69, 9.17) is 4.42 Å². The molecule has 1 aromatic heterocycles. The Bertz CT molecular complexity index is 3250. The maximum absolute atomic E-state index is 6.38. The number of para-hydroxylation sites is 1. The number of benzene rings is 10. The normalized spacial score (nSPS) is 11.4. The second-order valence-electron chi connectivity index (χ2n) is 14.9. The van der Waals surface area contributed by atoms with Gasteiger partial charge in [-0.25, -0.2) is 0 Å². The minimum Gasteiger partial charge on any atom is -0.456 e. The summed E-state index contributed by atoms with van der Waals surface area (Å²) in [5, 5.41) is 7.29. The van der Waals surface area contributed by atoms with Crippen molar-refractivity contribution in [2.45, 2.75) is 0 Å². The summed E-state index contributed by atoms with van der Waals surface area (Å²) < 4.78 is 6.38. The molecule has 0 N–H and O–H groups in total. The summed E-state index contributed by atoms with van der Waals surface area (Å²) in [6.45, 7) is 0. The molecule has 0 radical (unpaired) electrons. The van der Waals surface area contributed by atoms with E-state index in [0.717, 1.165) is 44.6 Å². The Morgan fingerprint density at radius 3 is 1.31 bits per heavy atom. The minimum absolute atomic E-state index is 0.870. The molecule has 0 bridgehead atoms. The van der Waals surface area contributed by atoms with Crippen LogP contribution >= 0.6 is 0 Å². The van der Waals surface area contributed by atoms with Crippen LogP contribution in [0.3, 0.4) is 0 Å². The van der Waals surface area contributed by atoms with Crippen molar-refractivity contribution in [1.29, 1.82) is 0 Å². The summed E-state index contributed by atoms with van der Waals surface area (Å²) in [5.41, 5.74) is 14.6. The summed E-state index contributed by atoms with van der Waals surface area (Å²) in [7, 11) is 0. The van der Waals surface area contributed by atoms with Gasteiger partial charge >= 0.3 is 0 Å². The average molecular weight is 740 g/mol. The van der Waals surface area contributed by atoms with Gasteiger partial charge in [0.15, 0.2) is 0 Å². The lowest BCUT2D eigenvalue weighted by Crippen LogP contribution is -2.09. The molecule has 10 aromatic carbocycles. The number of fused-ring (bicyclic) bond motifs is 6. The van der Waals surface area contributed by atoms with Gasteiger partial charge in [0, 0.05) is 33.9 Å². The molecule has 0 amide bonds. The Morgan fingerprint density at radius 2 is 0.672 bits per heavy atom. The third-order valence-corrected chi connectivity index (χ3v) is 11.5. The van der Waals surface area contributed by atoms with Crippen LogP contribution in [0.1, 0.15) is 0 Å². The topological polar surface area (TPSA) is 16.4 Å². The Morgan fingerprint density at radius 1 is 0.241 bits per heavy atom. The number of hydrogen-bond donors (Lipinski definition) is 0. The molecule has 58 heavy (non-hydrogen) atoms. The largest absolute Gasteiger partial charge is 0.456 e. The number of furan rings is 1. The first kappa shape index (κ1) is 33.6. The van der Waals surface area contributed by atoms with E-state index < -0.39 is 0 Å². The van der Waals surface area contributed by atoms with Crippen molar-refractivity contribution in [3.8, 4) is 44.5 Å². The Labute approximate surface area is 337 Å². The molecule has 0 aliphatic rings. The molecule has 272 valence electrons. The minimum atomic E-state index is 0.870. The fourth-order valence-electron chi connectivity index (χ4n) is 8.74. The van der Waals surface area contributed by atoms with E-state index in [0.29, 0.717) is 0 Å². The van der Waals surface area contributed by atoms with E-state index in [1.54, 1.807) is 0 Å². The van der Waals surface area contributed by atoms with Gasteiger partial charge in [0.2, 0.25) is 0 Å². The number of nitrogens with zero attached hydrogens (tertiary/aromatic N) is 1. The molecule has 0 fully saturated rings. The van der Waals surface area contributed by atoms with Crippen molar-refractivity contribution in [2.75, 3.05) is 4.90 Å². The Balaban J connectivity index is 1.02. The molecular formula is C56H37NO. The molecular weight excluding hydrogens is 703 g/mol. The fraction of sp³-hybridized carbons (Fsp3) is 0. The van der Waals surface area contributed by atoms with Crippen LogP contribution in [0.15, 0.2) is 229 Å². The lowest BCUT2D eigenvalue weighted by Gasteiger charge is -2.26. The van der Waals surface area contributed by atoms with Crippen LogP contribution in [-0.4, -0.2) is 0 Å². The standard InChI is InChI=1S/C56H37NO/c1-3-14-38(15-4-1)39-26-30-44(31-27-39)57(46-34-35-50-49-22-11-12-25-53(49)58-54(50)37-46)45-32-28-40(29-33-45)42-18-13-19-43(36-42)56-52-24-10-8-21-48(52)47-20-7-9-23-51(47)55(56)41-16-5-2-6-17-41/h1-37H. The van der Waals surface area contributed by atoms with Crippen LogP contribution in [0, 0.1) is 0 Å². The van der Waals surface area contributed by atoms with Gasteiger partial charge in [-0.1, -0.05) is 170 Å². The predicted molar refractivity (Wildman–Crippen MR) is 245 cm³/mol. The molecule has 0 aliphatic heterocycles. The lowest BCUT2D eigenvalue weighted by molar-refractivity contribution is 0.669. The van der Waals surface area contributed by atoms with Gasteiger partial charge in [-0.3, -0.25) is 0 Å². The van der Waals surface area contributed by atoms with Crippen LogP contribution in [-0.2, 0) is 0 Å². The van der Waals surface area contributed by atoms with Crippen LogP contribution in [0.2, 0.25) is 0 Å². The molecule has 11 rings (SSSR count). The van der Waals surface area contributed by atoms with E-state index in [-0.39, 0.29) is 0 Å². The smallest absolute Gasteiger partial charge is 0.137 e. The molecule has 0 spiro atoms. The van der Waals surface area contributed by atoms with Gasteiger partial charge in [-0.15, -0.1) is 0 Å². The van der Waals surface area contributed by atoms with Crippen molar-refractivity contribution in [3.05, 3.63) is 224 Å². The van der Waals surface area contributed by atoms with Crippen LogP contribution in [0.5, 0.6) is 0 Å². The number of hydrogen-bond acceptors (Lipinski definition) is 2. The maximum atomic E-state index is 6.38. The van der Waals surface area contributed by atoms with Crippen molar-refractivity contribution in [3.63, 3.8) is 0 Å². The van der Waals surface area contributed by atoms with Gasteiger partial charge in [0.05, 0.1) is 0 Å².